The zero-order chi connectivity index (χ0) is 12.8. The van der Waals surface area contributed by atoms with E-state index in [1.807, 2.05) is 18.2 Å². The van der Waals surface area contributed by atoms with E-state index in [1.54, 1.807) is 11.6 Å². The molecule has 0 saturated heterocycles. The van der Waals surface area contributed by atoms with Crippen LogP contribution in [-0.2, 0) is 12.5 Å². The summed E-state index contributed by atoms with van der Waals surface area (Å²) in [5.74, 6) is -0.916. The van der Waals surface area contributed by atoms with E-state index >= 15 is 0 Å². The topological polar surface area (TPSA) is 55.1 Å². The lowest BCUT2D eigenvalue weighted by atomic mass is 9.86. The van der Waals surface area contributed by atoms with Crippen LogP contribution in [0.25, 0.3) is 11.0 Å². The Morgan fingerprint density at radius 3 is 2.53 bits per heavy atom. The molecule has 0 spiro atoms. The number of hydrogen-bond acceptors (Lipinski definition) is 2. The summed E-state index contributed by atoms with van der Waals surface area (Å²) in [5, 5.41) is 9.08. The minimum atomic E-state index is -0.997. The predicted molar refractivity (Wildman–Crippen MR) is 66.4 cm³/mol. The van der Waals surface area contributed by atoms with Gasteiger partial charge in [-0.25, -0.2) is 9.78 Å². The van der Waals surface area contributed by atoms with Gasteiger partial charge in [0, 0.05) is 7.05 Å². The van der Waals surface area contributed by atoms with Crippen molar-refractivity contribution in [1.82, 2.24) is 9.55 Å². The van der Waals surface area contributed by atoms with Crippen molar-refractivity contribution < 1.29 is 9.90 Å². The van der Waals surface area contributed by atoms with Crippen molar-refractivity contribution in [3.63, 3.8) is 0 Å². The average molecular weight is 232 g/mol. The predicted octanol–water partition coefficient (Wildman–Crippen LogP) is 2.57. The maximum atomic E-state index is 11.1. The molecular formula is C13H16N2O2. The number of aromatic nitrogens is 2. The molecule has 1 aromatic heterocycles. The van der Waals surface area contributed by atoms with Gasteiger partial charge in [-0.2, -0.15) is 0 Å². The standard InChI is InChI=1S/C13H16N2O2/c1-13(2,3)8-6-5-7-9-10(8)15(4)11(14-9)12(16)17/h5-7H,1-4H3,(H,16,17). The van der Waals surface area contributed by atoms with Crippen LogP contribution in [0.3, 0.4) is 0 Å². The van der Waals surface area contributed by atoms with Gasteiger partial charge in [-0.1, -0.05) is 32.9 Å². The van der Waals surface area contributed by atoms with Gasteiger partial charge < -0.3 is 9.67 Å². The zero-order valence-corrected chi connectivity index (χ0v) is 10.5. The Kier molecular flexibility index (Phi) is 2.45. The molecule has 1 aromatic carbocycles. The molecule has 17 heavy (non-hydrogen) atoms. The highest BCUT2D eigenvalue weighted by atomic mass is 16.4. The smallest absolute Gasteiger partial charge is 0.372 e. The molecule has 0 aliphatic rings. The van der Waals surface area contributed by atoms with Crippen LogP contribution >= 0.6 is 0 Å². The first kappa shape index (κ1) is 11.6. The van der Waals surface area contributed by atoms with Gasteiger partial charge in [-0.05, 0) is 17.0 Å². The first-order valence-electron chi connectivity index (χ1n) is 5.51. The largest absolute Gasteiger partial charge is 0.475 e. The molecule has 0 amide bonds. The summed E-state index contributed by atoms with van der Waals surface area (Å²) in [5.41, 5.74) is 2.70. The van der Waals surface area contributed by atoms with Crippen LogP contribution in [0.2, 0.25) is 0 Å². The van der Waals surface area contributed by atoms with Gasteiger partial charge in [-0.3, -0.25) is 0 Å². The lowest BCUT2D eigenvalue weighted by molar-refractivity contribution is 0.0680. The average Bonchev–Trinajstić information content (AvgIpc) is 2.55. The summed E-state index contributed by atoms with van der Waals surface area (Å²) in [4.78, 5) is 15.2. The van der Waals surface area contributed by atoms with E-state index < -0.39 is 5.97 Å². The van der Waals surface area contributed by atoms with Gasteiger partial charge in [0.15, 0.2) is 0 Å². The summed E-state index contributed by atoms with van der Waals surface area (Å²) in [6, 6.07) is 5.79. The quantitative estimate of drug-likeness (QED) is 0.822. The Morgan fingerprint density at radius 2 is 2.00 bits per heavy atom. The summed E-state index contributed by atoms with van der Waals surface area (Å²) in [6.07, 6.45) is 0. The molecule has 0 aliphatic heterocycles. The molecule has 4 heteroatoms. The molecular weight excluding hydrogens is 216 g/mol. The number of benzene rings is 1. The monoisotopic (exact) mass is 232 g/mol. The normalized spacial score (nSPS) is 12.0. The summed E-state index contributed by atoms with van der Waals surface area (Å²) in [6.45, 7) is 6.32. The summed E-state index contributed by atoms with van der Waals surface area (Å²) in [7, 11) is 1.74. The van der Waals surface area contributed by atoms with Crippen molar-refractivity contribution in [3.05, 3.63) is 29.6 Å². The van der Waals surface area contributed by atoms with E-state index in [2.05, 4.69) is 25.8 Å². The number of carboxylic acid groups (broad SMARTS) is 1. The molecule has 0 radical (unpaired) electrons. The van der Waals surface area contributed by atoms with Gasteiger partial charge in [0.25, 0.3) is 0 Å². The van der Waals surface area contributed by atoms with E-state index in [0.29, 0.717) is 0 Å². The minimum Gasteiger partial charge on any atom is -0.475 e. The van der Waals surface area contributed by atoms with Crippen molar-refractivity contribution in [1.29, 1.82) is 0 Å². The molecule has 1 heterocycles. The molecule has 0 unspecified atom stereocenters. The van der Waals surface area contributed by atoms with Gasteiger partial charge in [0.2, 0.25) is 5.82 Å². The number of carbonyl (C=O) groups is 1. The van der Waals surface area contributed by atoms with Gasteiger partial charge in [0.05, 0.1) is 11.0 Å². The molecule has 0 bridgehead atoms. The Morgan fingerprint density at radius 1 is 1.35 bits per heavy atom. The van der Waals surface area contributed by atoms with E-state index in [1.165, 1.54) is 0 Å². The molecule has 90 valence electrons. The maximum absolute atomic E-state index is 11.1. The lowest BCUT2D eigenvalue weighted by Crippen LogP contribution is -2.13. The minimum absolute atomic E-state index is 0.0386. The molecule has 0 atom stereocenters. The Bertz CT molecular complexity index is 591. The second kappa shape index (κ2) is 3.58. The zero-order valence-electron chi connectivity index (χ0n) is 10.5. The number of hydrogen-bond donors (Lipinski definition) is 1. The van der Waals surface area contributed by atoms with Crippen LogP contribution in [0.15, 0.2) is 18.2 Å². The van der Waals surface area contributed by atoms with E-state index in [0.717, 1.165) is 16.6 Å². The van der Waals surface area contributed by atoms with Crippen LogP contribution in [0.1, 0.15) is 37.0 Å². The molecule has 0 saturated carbocycles. The highest BCUT2D eigenvalue weighted by Crippen LogP contribution is 2.29. The molecule has 2 aromatic rings. The Balaban J connectivity index is 2.85. The van der Waals surface area contributed by atoms with Gasteiger partial charge in [-0.15, -0.1) is 0 Å². The first-order valence-corrected chi connectivity index (χ1v) is 5.51. The maximum Gasteiger partial charge on any atom is 0.372 e. The van der Waals surface area contributed by atoms with E-state index in [9.17, 15) is 4.79 Å². The van der Waals surface area contributed by atoms with Crippen molar-refractivity contribution >= 4 is 17.0 Å². The number of nitrogens with zero attached hydrogens (tertiary/aromatic N) is 2. The lowest BCUT2D eigenvalue weighted by Gasteiger charge is -2.20. The Hall–Kier alpha value is -1.84. The Labute approximate surface area is 99.9 Å². The molecule has 4 nitrogen and oxygen atoms in total. The second-order valence-electron chi connectivity index (χ2n) is 5.22. The fourth-order valence-electron chi connectivity index (χ4n) is 2.07. The van der Waals surface area contributed by atoms with E-state index in [4.69, 9.17) is 5.11 Å². The third kappa shape index (κ3) is 1.79. The molecule has 2 rings (SSSR count). The van der Waals surface area contributed by atoms with Crippen molar-refractivity contribution in [3.8, 4) is 0 Å². The van der Waals surface area contributed by atoms with Crippen molar-refractivity contribution in [2.45, 2.75) is 26.2 Å². The fraction of sp³-hybridized carbons (Fsp3) is 0.385. The van der Waals surface area contributed by atoms with Crippen molar-refractivity contribution in [2.24, 2.45) is 7.05 Å². The molecule has 1 N–H and O–H groups in total. The van der Waals surface area contributed by atoms with Gasteiger partial charge >= 0.3 is 5.97 Å². The second-order valence-corrected chi connectivity index (χ2v) is 5.22. The molecule has 0 fully saturated rings. The van der Waals surface area contributed by atoms with Crippen LogP contribution in [-0.4, -0.2) is 20.6 Å². The number of fused-ring (bicyclic) bond motifs is 1. The highest BCUT2D eigenvalue weighted by Gasteiger charge is 2.22. The van der Waals surface area contributed by atoms with Crippen LogP contribution < -0.4 is 0 Å². The number of imidazole rings is 1. The third-order valence-corrected chi connectivity index (χ3v) is 2.89. The highest BCUT2D eigenvalue weighted by molar-refractivity contribution is 5.91. The number of aromatic carboxylic acids is 1. The number of aryl methyl sites for hydroxylation is 1. The van der Waals surface area contributed by atoms with E-state index in [-0.39, 0.29) is 11.2 Å². The number of para-hydroxylation sites is 1. The third-order valence-electron chi connectivity index (χ3n) is 2.89. The van der Waals surface area contributed by atoms with Crippen LogP contribution in [0.5, 0.6) is 0 Å². The number of rotatable bonds is 1. The van der Waals surface area contributed by atoms with Crippen LogP contribution in [0, 0.1) is 0 Å². The van der Waals surface area contributed by atoms with Crippen LogP contribution in [0.4, 0.5) is 0 Å². The summed E-state index contributed by atoms with van der Waals surface area (Å²) >= 11 is 0. The van der Waals surface area contributed by atoms with Crippen molar-refractivity contribution in [2.75, 3.05) is 0 Å². The van der Waals surface area contributed by atoms with Gasteiger partial charge in [0.1, 0.15) is 0 Å². The number of carboxylic acids is 1. The summed E-state index contributed by atoms with van der Waals surface area (Å²) < 4.78 is 1.65. The fourth-order valence-corrected chi connectivity index (χ4v) is 2.07. The SMILES string of the molecule is Cn1c(C(=O)O)nc2cccc(C(C)(C)C)c21. The molecule has 0 aliphatic carbocycles. The first-order chi connectivity index (χ1) is 7.82.